The first-order valence-corrected chi connectivity index (χ1v) is 5.18. The third-order valence-electron chi connectivity index (χ3n) is 2.86. The van der Waals surface area contributed by atoms with E-state index in [1.165, 1.54) is 6.42 Å². The summed E-state index contributed by atoms with van der Waals surface area (Å²) < 4.78 is 5.35. The zero-order chi connectivity index (χ0) is 9.97. The van der Waals surface area contributed by atoms with E-state index >= 15 is 0 Å². The van der Waals surface area contributed by atoms with Crippen LogP contribution in [-0.4, -0.2) is 11.7 Å². The van der Waals surface area contributed by atoms with Gasteiger partial charge >= 0.3 is 0 Å². The third-order valence-corrected chi connectivity index (χ3v) is 2.86. The molecular formula is C11H17NO2. The Morgan fingerprint density at radius 3 is 2.79 bits per heavy atom. The molecule has 1 heterocycles. The van der Waals surface area contributed by atoms with E-state index in [0.717, 1.165) is 30.7 Å². The first-order valence-electron chi connectivity index (χ1n) is 5.18. The van der Waals surface area contributed by atoms with Gasteiger partial charge in [0.05, 0.1) is 6.54 Å². The molecule has 2 atom stereocenters. The Balaban J connectivity index is 1.69. The molecule has 0 bridgehead atoms. The van der Waals surface area contributed by atoms with Crippen molar-refractivity contribution in [3.05, 3.63) is 23.7 Å². The highest BCUT2D eigenvalue weighted by atomic mass is 16.4. The predicted molar refractivity (Wildman–Crippen MR) is 53.6 cm³/mol. The smallest absolute Gasteiger partial charge is 0.129 e. The lowest BCUT2D eigenvalue weighted by molar-refractivity contribution is 0.242. The molecule has 0 aromatic carbocycles. The second kappa shape index (κ2) is 4.15. The molecule has 0 radical (unpaired) electrons. The van der Waals surface area contributed by atoms with Crippen molar-refractivity contribution in [3.8, 4) is 0 Å². The molecule has 0 saturated heterocycles. The third kappa shape index (κ3) is 2.36. The molecule has 0 amide bonds. The molecule has 3 nitrogen and oxygen atoms in total. The van der Waals surface area contributed by atoms with Gasteiger partial charge in [0.25, 0.3) is 0 Å². The van der Waals surface area contributed by atoms with Crippen LogP contribution in [0.25, 0.3) is 0 Å². The number of aliphatic hydroxyl groups is 1. The van der Waals surface area contributed by atoms with Gasteiger partial charge in [0.1, 0.15) is 18.1 Å². The minimum atomic E-state index is -0.0142. The molecule has 3 heteroatoms. The molecule has 1 aliphatic carbocycles. The highest BCUT2D eigenvalue weighted by Crippen LogP contribution is 2.36. The lowest BCUT2D eigenvalue weighted by Crippen LogP contribution is -2.16. The molecule has 1 saturated carbocycles. The van der Waals surface area contributed by atoms with Crippen LogP contribution in [0.2, 0.25) is 0 Å². The van der Waals surface area contributed by atoms with Crippen molar-refractivity contribution < 1.29 is 9.52 Å². The number of aliphatic hydroxyl groups excluding tert-OH is 1. The fourth-order valence-electron chi connectivity index (χ4n) is 1.67. The van der Waals surface area contributed by atoms with Crippen LogP contribution in [0.15, 0.2) is 16.5 Å². The largest absolute Gasteiger partial charge is 0.462 e. The summed E-state index contributed by atoms with van der Waals surface area (Å²) in [7, 11) is 0. The fourth-order valence-corrected chi connectivity index (χ4v) is 1.67. The minimum absolute atomic E-state index is 0.0142. The quantitative estimate of drug-likeness (QED) is 0.748. The van der Waals surface area contributed by atoms with E-state index in [-0.39, 0.29) is 6.61 Å². The highest BCUT2D eigenvalue weighted by molar-refractivity contribution is 5.06. The van der Waals surface area contributed by atoms with Gasteiger partial charge in [-0.2, -0.15) is 0 Å². The summed E-state index contributed by atoms with van der Waals surface area (Å²) in [6.07, 6.45) is 1.35. The van der Waals surface area contributed by atoms with Gasteiger partial charge in [-0.25, -0.2) is 0 Å². The van der Waals surface area contributed by atoms with E-state index < -0.39 is 0 Å². The van der Waals surface area contributed by atoms with Crippen LogP contribution in [0.5, 0.6) is 0 Å². The monoisotopic (exact) mass is 195 g/mol. The number of hydrogen-bond acceptors (Lipinski definition) is 3. The predicted octanol–water partition coefficient (Wildman–Crippen LogP) is 1.52. The molecule has 78 valence electrons. The Hall–Kier alpha value is -0.800. The second-order valence-corrected chi connectivity index (χ2v) is 4.13. The summed E-state index contributed by atoms with van der Waals surface area (Å²) in [4.78, 5) is 0. The normalized spacial score (nSPS) is 25.3. The van der Waals surface area contributed by atoms with E-state index in [9.17, 15) is 0 Å². The van der Waals surface area contributed by atoms with Crippen molar-refractivity contribution in [2.75, 3.05) is 6.54 Å². The average Bonchev–Trinajstić information content (AvgIpc) is 2.71. The van der Waals surface area contributed by atoms with E-state index in [1.54, 1.807) is 0 Å². The number of nitrogens with one attached hydrogen (secondary N) is 1. The Morgan fingerprint density at radius 1 is 1.50 bits per heavy atom. The number of rotatable bonds is 5. The van der Waals surface area contributed by atoms with Crippen molar-refractivity contribution in [1.82, 2.24) is 5.32 Å². The lowest BCUT2D eigenvalue weighted by Gasteiger charge is -2.00. The van der Waals surface area contributed by atoms with Crippen LogP contribution < -0.4 is 5.32 Å². The van der Waals surface area contributed by atoms with E-state index in [2.05, 4.69) is 12.2 Å². The second-order valence-electron chi connectivity index (χ2n) is 4.13. The molecule has 2 unspecified atom stereocenters. The molecule has 0 spiro atoms. The Kier molecular flexibility index (Phi) is 2.89. The lowest BCUT2D eigenvalue weighted by atomic mass is 10.3. The summed E-state index contributed by atoms with van der Waals surface area (Å²) in [5.41, 5.74) is 0. The van der Waals surface area contributed by atoms with Gasteiger partial charge in [-0.3, -0.25) is 0 Å². The van der Waals surface area contributed by atoms with Gasteiger partial charge < -0.3 is 14.8 Å². The van der Waals surface area contributed by atoms with Crippen LogP contribution in [0, 0.1) is 11.8 Å². The Bertz CT molecular complexity index is 295. The molecule has 1 fully saturated rings. The molecule has 14 heavy (non-hydrogen) atoms. The van der Waals surface area contributed by atoms with Crippen LogP contribution in [-0.2, 0) is 13.2 Å². The molecule has 2 N–H and O–H groups in total. The zero-order valence-electron chi connectivity index (χ0n) is 8.49. The van der Waals surface area contributed by atoms with E-state index in [4.69, 9.17) is 9.52 Å². The maximum absolute atomic E-state index is 8.80. The molecule has 1 aromatic rings. The van der Waals surface area contributed by atoms with Crippen molar-refractivity contribution >= 4 is 0 Å². The maximum atomic E-state index is 8.80. The first kappa shape index (κ1) is 9.74. The molecule has 2 rings (SSSR count). The highest BCUT2D eigenvalue weighted by Gasteiger charge is 2.31. The molecule has 1 aromatic heterocycles. The van der Waals surface area contributed by atoms with Gasteiger partial charge in [0.15, 0.2) is 0 Å². The van der Waals surface area contributed by atoms with E-state index in [1.807, 2.05) is 12.1 Å². The maximum Gasteiger partial charge on any atom is 0.129 e. The standard InChI is InChI=1S/C11H17NO2/c1-8-4-9(8)5-12-6-10-2-3-11(7-13)14-10/h2-3,8-9,12-13H,4-7H2,1H3. The Labute approximate surface area is 84.1 Å². The zero-order valence-corrected chi connectivity index (χ0v) is 8.49. The fraction of sp³-hybridized carbons (Fsp3) is 0.636. The van der Waals surface area contributed by atoms with Gasteiger partial charge in [-0.05, 0) is 36.9 Å². The summed E-state index contributed by atoms with van der Waals surface area (Å²) in [6.45, 7) is 4.11. The van der Waals surface area contributed by atoms with Gasteiger partial charge in [-0.1, -0.05) is 6.92 Å². The Morgan fingerprint density at radius 2 is 2.21 bits per heavy atom. The van der Waals surface area contributed by atoms with Crippen molar-refractivity contribution in [1.29, 1.82) is 0 Å². The van der Waals surface area contributed by atoms with E-state index in [0.29, 0.717) is 5.76 Å². The summed E-state index contributed by atoms with van der Waals surface area (Å²) in [5, 5.41) is 12.2. The van der Waals surface area contributed by atoms with Crippen molar-refractivity contribution in [2.24, 2.45) is 11.8 Å². The number of furan rings is 1. The van der Waals surface area contributed by atoms with Crippen LogP contribution in [0.4, 0.5) is 0 Å². The topological polar surface area (TPSA) is 45.4 Å². The van der Waals surface area contributed by atoms with Crippen molar-refractivity contribution in [3.63, 3.8) is 0 Å². The van der Waals surface area contributed by atoms with Crippen molar-refractivity contribution in [2.45, 2.75) is 26.5 Å². The van der Waals surface area contributed by atoms with Crippen LogP contribution in [0.1, 0.15) is 24.9 Å². The SMILES string of the molecule is CC1CC1CNCc1ccc(CO)o1. The van der Waals surface area contributed by atoms with Gasteiger partial charge in [0, 0.05) is 0 Å². The molecule has 0 aliphatic heterocycles. The van der Waals surface area contributed by atoms with Gasteiger partial charge in [0.2, 0.25) is 0 Å². The van der Waals surface area contributed by atoms with Crippen LogP contribution >= 0.6 is 0 Å². The number of hydrogen-bond donors (Lipinski definition) is 2. The minimum Gasteiger partial charge on any atom is -0.462 e. The van der Waals surface area contributed by atoms with Gasteiger partial charge in [-0.15, -0.1) is 0 Å². The summed E-state index contributed by atoms with van der Waals surface area (Å²) in [5.74, 6) is 3.30. The van der Waals surface area contributed by atoms with Crippen LogP contribution in [0.3, 0.4) is 0 Å². The average molecular weight is 195 g/mol. The first-order chi connectivity index (χ1) is 6.79. The molecular weight excluding hydrogens is 178 g/mol. The summed E-state index contributed by atoms with van der Waals surface area (Å²) >= 11 is 0. The summed E-state index contributed by atoms with van der Waals surface area (Å²) in [6, 6.07) is 3.73. The molecule has 1 aliphatic rings.